The van der Waals surface area contributed by atoms with Gasteiger partial charge in [0.2, 0.25) is 0 Å². The molecule has 0 atom stereocenters. The number of carbonyl (C=O) groups is 1. The van der Waals surface area contributed by atoms with Gasteiger partial charge in [0, 0.05) is 6.54 Å². The lowest BCUT2D eigenvalue weighted by Gasteiger charge is -2.08. The van der Waals surface area contributed by atoms with Gasteiger partial charge in [0.1, 0.15) is 17.7 Å². The Morgan fingerprint density at radius 2 is 2.29 bits per heavy atom. The second-order valence-electron chi connectivity index (χ2n) is 3.97. The maximum absolute atomic E-state index is 11.3. The van der Waals surface area contributed by atoms with Gasteiger partial charge in [-0.1, -0.05) is 6.07 Å². The van der Waals surface area contributed by atoms with E-state index in [1.54, 1.807) is 12.1 Å². The van der Waals surface area contributed by atoms with Crippen LogP contribution < -0.4 is 5.32 Å². The van der Waals surface area contributed by atoms with Gasteiger partial charge in [-0.3, -0.25) is 10.1 Å². The molecule has 0 bridgehead atoms. The number of esters is 1. The van der Waals surface area contributed by atoms with Crippen LogP contribution in [0.2, 0.25) is 0 Å². The molecule has 0 unspecified atom stereocenters. The van der Waals surface area contributed by atoms with E-state index in [-0.39, 0.29) is 17.2 Å². The molecule has 0 amide bonds. The van der Waals surface area contributed by atoms with Crippen molar-refractivity contribution < 1.29 is 14.5 Å². The van der Waals surface area contributed by atoms with Crippen molar-refractivity contribution in [2.24, 2.45) is 0 Å². The first kappa shape index (κ1) is 14.4. The Hall–Kier alpha value is -2.97. The maximum atomic E-state index is 11.3. The Balaban J connectivity index is 2.53. The average molecular weight is 291 g/mol. The first-order valence-corrected chi connectivity index (χ1v) is 6.10. The van der Waals surface area contributed by atoms with Gasteiger partial charge in [-0.15, -0.1) is 5.10 Å². The van der Waals surface area contributed by atoms with Crippen LogP contribution in [0.5, 0.6) is 0 Å². The number of aromatic nitrogens is 3. The molecule has 0 fully saturated rings. The Bertz CT molecular complexity index is 682. The van der Waals surface area contributed by atoms with Crippen LogP contribution >= 0.6 is 0 Å². The number of rotatable bonds is 5. The Labute approximate surface area is 119 Å². The molecule has 1 heterocycles. The minimum absolute atomic E-state index is 0.138. The monoisotopic (exact) mass is 291 g/mol. The first-order valence-electron chi connectivity index (χ1n) is 6.10. The number of anilines is 1. The van der Waals surface area contributed by atoms with Crippen LogP contribution in [0.15, 0.2) is 24.5 Å². The molecule has 110 valence electrons. The van der Waals surface area contributed by atoms with Crippen LogP contribution in [0, 0.1) is 10.1 Å². The highest BCUT2D eigenvalue weighted by Crippen LogP contribution is 2.30. The van der Waals surface area contributed by atoms with Crippen LogP contribution in [0.3, 0.4) is 0 Å². The van der Waals surface area contributed by atoms with E-state index in [1.807, 2.05) is 6.92 Å². The zero-order chi connectivity index (χ0) is 15.4. The number of carbonyl (C=O) groups excluding carboxylic acids is 1. The molecular formula is C12H13N5O4. The Morgan fingerprint density at radius 1 is 1.52 bits per heavy atom. The van der Waals surface area contributed by atoms with Crippen LogP contribution in [-0.4, -0.2) is 39.3 Å². The number of nitrogens with zero attached hydrogens (tertiary/aromatic N) is 4. The summed E-state index contributed by atoms with van der Waals surface area (Å²) in [4.78, 5) is 25.9. The fraction of sp³-hybridized carbons (Fsp3) is 0.250. The topological polar surface area (TPSA) is 112 Å². The van der Waals surface area contributed by atoms with Crippen molar-refractivity contribution in [3.63, 3.8) is 0 Å². The van der Waals surface area contributed by atoms with E-state index in [0.717, 1.165) is 0 Å². The number of methoxy groups -OCH3 is 1. The second kappa shape index (κ2) is 5.99. The normalized spacial score (nSPS) is 10.2. The molecule has 1 aromatic carbocycles. The standard InChI is InChI=1S/C12H13N5O4/c1-3-13-8-5-4-6-9(10(8)17(19)20)16-7-14-11(15-16)12(18)21-2/h4-7,13H,3H2,1-2H3. The predicted molar refractivity (Wildman–Crippen MR) is 73.5 cm³/mol. The number of nitro groups is 1. The fourth-order valence-electron chi connectivity index (χ4n) is 1.81. The van der Waals surface area contributed by atoms with Crippen LogP contribution in [-0.2, 0) is 4.74 Å². The number of hydrogen-bond acceptors (Lipinski definition) is 7. The summed E-state index contributed by atoms with van der Waals surface area (Å²) in [5, 5.41) is 18.1. The van der Waals surface area contributed by atoms with E-state index < -0.39 is 10.9 Å². The van der Waals surface area contributed by atoms with Crippen LogP contribution in [0.25, 0.3) is 5.69 Å². The van der Waals surface area contributed by atoms with E-state index in [4.69, 9.17) is 0 Å². The molecule has 9 heteroatoms. The minimum atomic E-state index is -0.709. The van der Waals surface area contributed by atoms with Gasteiger partial charge >= 0.3 is 11.7 Å². The number of benzene rings is 1. The number of hydrogen-bond donors (Lipinski definition) is 1. The van der Waals surface area contributed by atoms with Gasteiger partial charge in [-0.25, -0.2) is 14.5 Å². The number of para-hydroxylation sites is 1. The molecule has 0 saturated carbocycles. The third-order valence-corrected chi connectivity index (χ3v) is 2.67. The molecule has 2 rings (SSSR count). The zero-order valence-corrected chi connectivity index (χ0v) is 11.4. The molecule has 1 aromatic heterocycles. The van der Waals surface area contributed by atoms with E-state index in [1.165, 1.54) is 24.2 Å². The van der Waals surface area contributed by atoms with Gasteiger partial charge in [0.25, 0.3) is 5.82 Å². The Kier molecular flexibility index (Phi) is 4.12. The molecule has 0 aliphatic heterocycles. The van der Waals surface area contributed by atoms with Gasteiger partial charge in [0.15, 0.2) is 0 Å². The van der Waals surface area contributed by atoms with Gasteiger partial charge in [-0.2, -0.15) is 0 Å². The highest BCUT2D eigenvalue weighted by molar-refractivity contribution is 5.84. The summed E-state index contributed by atoms with van der Waals surface area (Å²) in [6.07, 6.45) is 1.23. The fourth-order valence-corrected chi connectivity index (χ4v) is 1.81. The summed E-state index contributed by atoms with van der Waals surface area (Å²) in [5.74, 6) is -0.875. The number of ether oxygens (including phenoxy) is 1. The lowest BCUT2D eigenvalue weighted by atomic mass is 10.2. The van der Waals surface area contributed by atoms with Crippen molar-refractivity contribution in [3.05, 3.63) is 40.5 Å². The molecule has 0 spiro atoms. The van der Waals surface area contributed by atoms with E-state index >= 15 is 0 Å². The van der Waals surface area contributed by atoms with Gasteiger partial charge in [0.05, 0.1) is 12.0 Å². The number of nitrogens with one attached hydrogen (secondary N) is 1. The van der Waals surface area contributed by atoms with Crippen molar-refractivity contribution in [2.45, 2.75) is 6.92 Å². The third kappa shape index (κ3) is 2.81. The lowest BCUT2D eigenvalue weighted by Crippen LogP contribution is -2.08. The largest absolute Gasteiger partial charge is 0.463 e. The lowest BCUT2D eigenvalue weighted by molar-refractivity contribution is -0.383. The zero-order valence-electron chi connectivity index (χ0n) is 11.4. The first-order chi connectivity index (χ1) is 10.1. The van der Waals surface area contributed by atoms with Crippen molar-refractivity contribution in [1.82, 2.24) is 14.8 Å². The minimum Gasteiger partial charge on any atom is -0.463 e. The highest BCUT2D eigenvalue weighted by atomic mass is 16.6. The molecule has 9 nitrogen and oxygen atoms in total. The predicted octanol–water partition coefficient (Wildman–Crippen LogP) is 1.39. The maximum Gasteiger partial charge on any atom is 0.377 e. The molecule has 1 N–H and O–H groups in total. The second-order valence-corrected chi connectivity index (χ2v) is 3.97. The summed E-state index contributed by atoms with van der Waals surface area (Å²) in [6.45, 7) is 2.37. The molecule has 0 aliphatic carbocycles. The summed E-state index contributed by atoms with van der Waals surface area (Å²) in [7, 11) is 1.21. The molecule has 0 saturated heterocycles. The van der Waals surface area contributed by atoms with Crippen molar-refractivity contribution in [1.29, 1.82) is 0 Å². The molecule has 0 radical (unpaired) electrons. The van der Waals surface area contributed by atoms with E-state index in [9.17, 15) is 14.9 Å². The summed E-state index contributed by atoms with van der Waals surface area (Å²) < 4.78 is 5.67. The number of nitro benzene ring substituents is 1. The van der Waals surface area contributed by atoms with E-state index in [2.05, 4.69) is 20.1 Å². The van der Waals surface area contributed by atoms with Crippen LogP contribution in [0.4, 0.5) is 11.4 Å². The summed E-state index contributed by atoms with van der Waals surface area (Å²) in [6, 6.07) is 4.78. The van der Waals surface area contributed by atoms with Crippen molar-refractivity contribution >= 4 is 17.3 Å². The molecule has 21 heavy (non-hydrogen) atoms. The molecule has 0 aliphatic rings. The van der Waals surface area contributed by atoms with E-state index in [0.29, 0.717) is 12.2 Å². The molecular weight excluding hydrogens is 278 g/mol. The Morgan fingerprint density at radius 3 is 2.90 bits per heavy atom. The van der Waals surface area contributed by atoms with Crippen LogP contribution in [0.1, 0.15) is 17.5 Å². The smallest absolute Gasteiger partial charge is 0.377 e. The van der Waals surface area contributed by atoms with Gasteiger partial charge < -0.3 is 10.1 Å². The third-order valence-electron chi connectivity index (χ3n) is 2.67. The summed E-state index contributed by atoms with van der Waals surface area (Å²) >= 11 is 0. The van der Waals surface area contributed by atoms with Crippen molar-refractivity contribution in [3.8, 4) is 5.69 Å². The highest BCUT2D eigenvalue weighted by Gasteiger charge is 2.22. The molecule has 2 aromatic rings. The quantitative estimate of drug-likeness (QED) is 0.503. The SMILES string of the molecule is CCNc1cccc(-n2cnc(C(=O)OC)n2)c1[N+](=O)[O-]. The average Bonchev–Trinajstić information content (AvgIpc) is 2.96. The van der Waals surface area contributed by atoms with Gasteiger partial charge in [-0.05, 0) is 19.1 Å². The van der Waals surface area contributed by atoms with Crippen molar-refractivity contribution in [2.75, 3.05) is 19.0 Å². The summed E-state index contributed by atoms with van der Waals surface area (Å²) in [5.41, 5.74) is 0.442.